The molecule has 2 atom stereocenters. The third-order valence-corrected chi connectivity index (χ3v) is 8.95. The van der Waals surface area contributed by atoms with Crippen LogP contribution in [-0.2, 0) is 34.5 Å². The first kappa shape index (κ1) is 34.8. The number of ketones is 2. The molecular weight excluding hydrogens is 610 g/mol. The fraction of sp³-hybridized carbons (Fsp3) is 0.182. The molecule has 3 N–H and O–H groups in total. The van der Waals surface area contributed by atoms with Gasteiger partial charge in [-0.1, -0.05) is 30.3 Å². The minimum absolute atomic E-state index is 0. The fourth-order valence-electron chi connectivity index (χ4n) is 4.29. The van der Waals surface area contributed by atoms with Gasteiger partial charge in [0.25, 0.3) is 0 Å². The molecule has 0 aliphatic heterocycles. The van der Waals surface area contributed by atoms with E-state index in [0.717, 1.165) is 12.1 Å². The molecule has 0 aromatic heterocycles. The fourth-order valence-corrected chi connectivity index (χ4v) is 6.50. The van der Waals surface area contributed by atoms with E-state index >= 15 is 0 Å². The standard InChI is InChI=1S/C22H20N2O11S3.2Na/c23-20-17(37(29,30)31)11-16(18-19(20)22(26)15-7-2-1-6-14(15)21(18)25)24-12-4-3-5-13(10-12)36(27,28)9-8-35-38(32,33)34;;/h1-7,10-11,18-19,24H,8-9,23H2,(H,29,30,31)(H,32,33,34);;/q;2*+1/p-2. The smallest absolute Gasteiger partial charge is 0.744 e. The zero-order valence-electron chi connectivity index (χ0n) is 21.1. The van der Waals surface area contributed by atoms with Gasteiger partial charge < -0.3 is 20.2 Å². The average molecular weight is 629 g/mol. The predicted molar refractivity (Wildman–Crippen MR) is 129 cm³/mol. The minimum Gasteiger partial charge on any atom is -0.744 e. The van der Waals surface area contributed by atoms with E-state index in [0.29, 0.717) is 0 Å². The van der Waals surface area contributed by atoms with E-state index in [9.17, 15) is 43.9 Å². The van der Waals surface area contributed by atoms with Gasteiger partial charge in [-0.15, -0.1) is 0 Å². The Labute approximate surface area is 274 Å². The van der Waals surface area contributed by atoms with Gasteiger partial charge in [0, 0.05) is 28.2 Å². The molecule has 13 nitrogen and oxygen atoms in total. The van der Waals surface area contributed by atoms with Crippen molar-refractivity contribution in [3.8, 4) is 0 Å². The number of hydrogen-bond donors (Lipinski definition) is 2. The summed E-state index contributed by atoms with van der Waals surface area (Å²) in [7, 11) is -14.4. The van der Waals surface area contributed by atoms with Crippen molar-refractivity contribution in [3.05, 3.63) is 82.0 Å². The van der Waals surface area contributed by atoms with Gasteiger partial charge in [-0.05, 0) is 24.3 Å². The molecule has 0 saturated carbocycles. The van der Waals surface area contributed by atoms with Crippen LogP contribution in [0.15, 0.2) is 75.8 Å². The van der Waals surface area contributed by atoms with E-state index in [1.54, 1.807) is 0 Å². The van der Waals surface area contributed by atoms with Crippen molar-refractivity contribution in [1.29, 1.82) is 0 Å². The van der Waals surface area contributed by atoms with Crippen LogP contribution in [0, 0.1) is 11.8 Å². The Morgan fingerprint density at radius 1 is 0.850 bits per heavy atom. The van der Waals surface area contributed by atoms with E-state index in [-0.39, 0.29) is 86.5 Å². The number of carbonyl (C=O) groups is 2. The normalized spacial score (nSPS) is 19.0. The molecule has 2 aliphatic rings. The quantitative estimate of drug-likeness (QED) is 0.158. The molecule has 0 heterocycles. The molecule has 0 saturated heterocycles. The molecule has 0 bridgehead atoms. The Balaban J connectivity index is 0.00000280. The minimum atomic E-state index is -5.18. The maximum Gasteiger partial charge on any atom is 1.00 e. The van der Waals surface area contributed by atoms with Crippen LogP contribution in [0.2, 0.25) is 0 Å². The number of anilines is 1. The van der Waals surface area contributed by atoms with E-state index in [1.165, 1.54) is 42.5 Å². The molecule has 0 fully saturated rings. The Morgan fingerprint density at radius 3 is 1.98 bits per heavy atom. The zero-order valence-corrected chi connectivity index (χ0v) is 27.5. The van der Waals surface area contributed by atoms with Gasteiger partial charge in [0.15, 0.2) is 21.4 Å². The molecule has 0 radical (unpaired) electrons. The van der Waals surface area contributed by atoms with Crippen molar-refractivity contribution < 1.29 is 107 Å². The first-order valence-corrected chi connectivity index (χ1v) is 15.0. The number of benzene rings is 2. The third-order valence-electron chi connectivity index (χ3n) is 5.93. The molecule has 2 aliphatic carbocycles. The van der Waals surface area contributed by atoms with Crippen LogP contribution in [0.3, 0.4) is 0 Å². The maximum absolute atomic E-state index is 13.4. The number of nitrogens with one attached hydrogen (secondary N) is 1. The Kier molecular flexibility index (Phi) is 11.2. The van der Waals surface area contributed by atoms with Crippen molar-refractivity contribution in [2.75, 3.05) is 17.7 Å². The van der Waals surface area contributed by atoms with Crippen LogP contribution in [0.4, 0.5) is 5.69 Å². The Hall–Kier alpha value is -1.41. The van der Waals surface area contributed by atoms with Gasteiger partial charge >= 0.3 is 59.1 Å². The number of fused-ring (bicyclic) bond motifs is 2. The summed E-state index contributed by atoms with van der Waals surface area (Å²) in [5, 5.41) is 2.73. The summed E-state index contributed by atoms with van der Waals surface area (Å²) in [5.41, 5.74) is 5.29. The predicted octanol–water partition coefficient (Wildman–Crippen LogP) is -5.72. The number of Topliss-reactive ketones (excluding diaryl/α,β-unsaturated/α-hetero) is 2. The number of nitrogens with two attached hydrogens (primary N) is 1. The van der Waals surface area contributed by atoms with Crippen LogP contribution < -0.4 is 70.2 Å². The second kappa shape index (κ2) is 12.8. The van der Waals surface area contributed by atoms with Gasteiger partial charge in [0.2, 0.25) is 10.4 Å². The van der Waals surface area contributed by atoms with Crippen molar-refractivity contribution >= 4 is 47.6 Å². The first-order valence-electron chi connectivity index (χ1n) is 10.6. The number of rotatable bonds is 8. The molecular formula is C22H18N2Na2O11S3. The Bertz CT molecular complexity index is 1750. The molecule has 40 heavy (non-hydrogen) atoms. The monoisotopic (exact) mass is 628 g/mol. The molecule has 2 aromatic rings. The first-order chi connectivity index (χ1) is 17.6. The molecule has 0 spiro atoms. The molecule has 0 amide bonds. The van der Waals surface area contributed by atoms with E-state index in [4.69, 9.17) is 5.73 Å². The van der Waals surface area contributed by atoms with Gasteiger partial charge in [0.1, 0.15) is 10.1 Å². The number of carbonyl (C=O) groups excluding carboxylic acids is 2. The summed E-state index contributed by atoms with van der Waals surface area (Å²) in [4.78, 5) is 25.4. The van der Waals surface area contributed by atoms with E-state index < -0.39 is 76.7 Å². The van der Waals surface area contributed by atoms with Crippen molar-refractivity contribution in [2.24, 2.45) is 17.6 Å². The summed E-state index contributed by atoms with van der Waals surface area (Å²) >= 11 is 0. The largest absolute Gasteiger partial charge is 1.00 e. The van der Waals surface area contributed by atoms with Crippen LogP contribution in [0.1, 0.15) is 20.7 Å². The van der Waals surface area contributed by atoms with Gasteiger partial charge in [-0.3, -0.25) is 13.8 Å². The second-order valence-corrected chi connectivity index (χ2v) is 12.8. The number of allylic oxidation sites excluding steroid dienone is 3. The zero-order chi connectivity index (χ0) is 28.0. The van der Waals surface area contributed by atoms with Crippen molar-refractivity contribution in [3.63, 3.8) is 0 Å². The summed E-state index contributed by atoms with van der Waals surface area (Å²) < 4.78 is 96.7. The molecule has 4 rings (SSSR count). The van der Waals surface area contributed by atoms with E-state index in [1.807, 2.05) is 0 Å². The van der Waals surface area contributed by atoms with Gasteiger partial charge in [-0.25, -0.2) is 25.3 Å². The summed E-state index contributed by atoms with van der Waals surface area (Å²) in [6.45, 7) is -0.925. The average Bonchev–Trinajstić information content (AvgIpc) is 2.82. The molecule has 202 valence electrons. The van der Waals surface area contributed by atoms with E-state index in [2.05, 4.69) is 9.50 Å². The van der Waals surface area contributed by atoms with Gasteiger partial charge in [0.05, 0.1) is 34.0 Å². The molecule has 2 unspecified atom stereocenters. The van der Waals surface area contributed by atoms with Crippen LogP contribution in [0.25, 0.3) is 0 Å². The maximum atomic E-state index is 13.4. The molecule has 2 aromatic carbocycles. The SMILES string of the molecule is NC1=C(S(=O)(=O)[O-])C=C(Nc2cccc(S(=O)(=O)CCOS(=O)(=O)[O-])c2)C2C(=O)c3ccccc3C(=O)C12.[Na+].[Na+]. The second-order valence-electron chi connectivity index (χ2n) is 8.30. The van der Waals surface area contributed by atoms with Crippen LogP contribution >= 0.6 is 0 Å². The topological polar surface area (TPSA) is 230 Å². The summed E-state index contributed by atoms with van der Waals surface area (Å²) in [6, 6.07) is 10.8. The molecule has 18 heteroatoms. The van der Waals surface area contributed by atoms with Gasteiger partial charge in [-0.2, -0.15) is 0 Å². The Morgan fingerprint density at radius 2 is 1.43 bits per heavy atom. The van der Waals surface area contributed by atoms with Crippen molar-refractivity contribution in [1.82, 2.24) is 0 Å². The van der Waals surface area contributed by atoms with Crippen LogP contribution in [-0.4, -0.2) is 58.3 Å². The number of hydrogen-bond acceptors (Lipinski definition) is 13. The summed E-state index contributed by atoms with van der Waals surface area (Å²) in [5.74, 6) is -4.93. The third kappa shape index (κ3) is 7.32. The van der Waals surface area contributed by atoms with Crippen LogP contribution in [0.5, 0.6) is 0 Å². The summed E-state index contributed by atoms with van der Waals surface area (Å²) in [6.07, 6.45) is 0.839. The van der Waals surface area contributed by atoms with Crippen molar-refractivity contribution in [2.45, 2.75) is 4.90 Å². The number of sulfone groups is 1.